The van der Waals surface area contributed by atoms with Gasteiger partial charge in [0.25, 0.3) is 5.91 Å². The molecule has 6 heteroatoms. The molecule has 4 rings (SSSR count). The first kappa shape index (κ1) is 25.8. The molecule has 188 valence electrons. The number of ether oxygens (including phenoxy) is 1. The van der Waals surface area contributed by atoms with E-state index in [9.17, 15) is 14.7 Å². The van der Waals surface area contributed by atoms with Crippen molar-refractivity contribution in [2.24, 2.45) is 0 Å². The summed E-state index contributed by atoms with van der Waals surface area (Å²) in [6, 6.07) is 21.2. The van der Waals surface area contributed by atoms with Crippen molar-refractivity contribution in [1.29, 1.82) is 0 Å². The molecule has 0 radical (unpaired) electrons. The summed E-state index contributed by atoms with van der Waals surface area (Å²) in [5.41, 5.74) is 4.26. The van der Waals surface area contributed by atoms with E-state index >= 15 is 0 Å². The van der Waals surface area contributed by atoms with E-state index in [1.807, 2.05) is 48.5 Å². The molecular weight excluding hydrogens is 474 g/mol. The summed E-state index contributed by atoms with van der Waals surface area (Å²) >= 11 is 6.01. The van der Waals surface area contributed by atoms with Crippen molar-refractivity contribution in [3.05, 3.63) is 99.6 Å². The summed E-state index contributed by atoms with van der Waals surface area (Å²) in [5.74, 6) is -0.583. The first-order valence-electron chi connectivity index (χ1n) is 12.4. The summed E-state index contributed by atoms with van der Waals surface area (Å²) in [6.45, 7) is 4.10. The number of aryl methyl sites for hydroxylation is 1. The van der Waals surface area contributed by atoms with Gasteiger partial charge < -0.3 is 14.7 Å². The molecule has 5 nitrogen and oxygen atoms in total. The minimum absolute atomic E-state index is 0.237. The standard InChI is InChI=1S/C30H32ClNO4/c1-3-4-5-21-6-8-23(9-7-21)19-32(20-28(33)34)29(35)24-12-15-27-25(16-24)18-30(2,36-27)17-22-10-13-26(31)14-11-22/h6-16H,3-5,17-20H2,1-2H3,(H,33,34)/t30-/m1/s1. The van der Waals surface area contributed by atoms with Gasteiger partial charge in [-0.05, 0) is 72.4 Å². The maximum Gasteiger partial charge on any atom is 0.323 e. The van der Waals surface area contributed by atoms with Crippen molar-refractivity contribution in [2.75, 3.05) is 6.54 Å². The Morgan fingerprint density at radius 1 is 1.00 bits per heavy atom. The van der Waals surface area contributed by atoms with Crippen LogP contribution in [0.1, 0.15) is 59.3 Å². The van der Waals surface area contributed by atoms with Crippen molar-refractivity contribution >= 4 is 23.5 Å². The highest BCUT2D eigenvalue weighted by Crippen LogP contribution is 2.37. The number of hydrogen-bond donors (Lipinski definition) is 1. The predicted octanol–water partition coefficient (Wildman–Crippen LogP) is 6.35. The predicted molar refractivity (Wildman–Crippen MR) is 142 cm³/mol. The average molecular weight is 506 g/mol. The van der Waals surface area contributed by atoms with E-state index in [4.69, 9.17) is 16.3 Å². The molecule has 1 heterocycles. The lowest BCUT2D eigenvalue weighted by Gasteiger charge is -2.24. The molecule has 3 aromatic rings. The number of hydrogen-bond acceptors (Lipinski definition) is 3. The molecule has 0 aromatic heterocycles. The smallest absolute Gasteiger partial charge is 0.323 e. The molecular formula is C30H32ClNO4. The minimum Gasteiger partial charge on any atom is -0.487 e. The zero-order chi connectivity index (χ0) is 25.7. The fourth-order valence-corrected chi connectivity index (χ4v) is 4.87. The van der Waals surface area contributed by atoms with Gasteiger partial charge in [0.15, 0.2) is 0 Å². The lowest BCUT2D eigenvalue weighted by Crippen LogP contribution is -2.35. The molecule has 1 aliphatic heterocycles. The van der Waals surface area contributed by atoms with Crippen LogP contribution in [0.2, 0.25) is 5.02 Å². The number of carboxylic acids is 1. The van der Waals surface area contributed by atoms with Gasteiger partial charge in [0.1, 0.15) is 17.9 Å². The normalized spacial score (nSPS) is 16.3. The second-order valence-corrected chi connectivity index (χ2v) is 10.3. The van der Waals surface area contributed by atoms with Gasteiger partial charge in [-0.25, -0.2) is 0 Å². The van der Waals surface area contributed by atoms with Crippen LogP contribution < -0.4 is 4.74 Å². The summed E-state index contributed by atoms with van der Waals surface area (Å²) in [5, 5.41) is 10.2. The van der Waals surface area contributed by atoms with E-state index in [2.05, 4.69) is 26.0 Å². The van der Waals surface area contributed by atoms with Crippen LogP contribution in [0.15, 0.2) is 66.7 Å². The molecule has 0 fully saturated rings. The van der Waals surface area contributed by atoms with E-state index in [-0.39, 0.29) is 19.0 Å². The average Bonchev–Trinajstić information content (AvgIpc) is 3.18. The molecule has 1 atom stereocenters. The second-order valence-electron chi connectivity index (χ2n) is 9.83. The highest BCUT2D eigenvalue weighted by molar-refractivity contribution is 6.30. The fourth-order valence-electron chi connectivity index (χ4n) is 4.75. The molecule has 0 saturated carbocycles. The Morgan fingerprint density at radius 2 is 1.67 bits per heavy atom. The molecule has 0 spiro atoms. The third-order valence-corrected chi connectivity index (χ3v) is 6.80. The van der Waals surface area contributed by atoms with Gasteiger partial charge in [0.2, 0.25) is 0 Å². The van der Waals surface area contributed by atoms with E-state index < -0.39 is 11.6 Å². The van der Waals surface area contributed by atoms with Gasteiger partial charge in [-0.15, -0.1) is 0 Å². The van der Waals surface area contributed by atoms with Gasteiger partial charge >= 0.3 is 5.97 Å². The Morgan fingerprint density at radius 3 is 2.33 bits per heavy atom. The first-order chi connectivity index (χ1) is 17.2. The number of carbonyl (C=O) groups excluding carboxylic acids is 1. The number of carbonyl (C=O) groups is 2. The first-order valence-corrected chi connectivity index (χ1v) is 12.8. The largest absolute Gasteiger partial charge is 0.487 e. The second kappa shape index (κ2) is 11.2. The fraction of sp³-hybridized carbons (Fsp3) is 0.333. The van der Waals surface area contributed by atoms with Crippen molar-refractivity contribution in [3.8, 4) is 5.75 Å². The Balaban J connectivity index is 1.48. The van der Waals surface area contributed by atoms with Crippen LogP contribution in [0, 0.1) is 0 Å². The topological polar surface area (TPSA) is 66.8 Å². The molecule has 1 amide bonds. The summed E-state index contributed by atoms with van der Waals surface area (Å²) in [6.07, 6.45) is 4.65. The van der Waals surface area contributed by atoms with Crippen molar-refractivity contribution in [3.63, 3.8) is 0 Å². The monoisotopic (exact) mass is 505 g/mol. The molecule has 36 heavy (non-hydrogen) atoms. The van der Waals surface area contributed by atoms with Gasteiger partial charge in [-0.2, -0.15) is 0 Å². The number of benzene rings is 3. The third-order valence-electron chi connectivity index (χ3n) is 6.55. The number of unbranched alkanes of at least 4 members (excludes halogenated alkanes) is 1. The zero-order valence-electron chi connectivity index (χ0n) is 20.8. The summed E-state index contributed by atoms with van der Waals surface area (Å²) in [7, 11) is 0. The van der Waals surface area contributed by atoms with Crippen LogP contribution in [0.5, 0.6) is 5.75 Å². The van der Waals surface area contributed by atoms with Gasteiger partial charge in [-0.3, -0.25) is 9.59 Å². The van der Waals surface area contributed by atoms with E-state index in [1.54, 1.807) is 6.07 Å². The molecule has 1 N–H and O–H groups in total. The van der Waals surface area contributed by atoms with E-state index in [0.717, 1.165) is 41.7 Å². The van der Waals surface area contributed by atoms with E-state index in [0.29, 0.717) is 23.4 Å². The van der Waals surface area contributed by atoms with Crippen LogP contribution >= 0.6 is 11.6 Å². The number of nitrogens with zero attached hydrogens (tertiary/aromatic N) is 1. The quantitative estimate of drug-likeness (QED) is 0.349. The Labute approximate surface area is 217 Å². The SMILES string of the molecule is CCCCc1ccc(CN(CC(=O)O)C(=O)c2ccc3c(c2)C[C@@](C)(Cc2ccc(Cl)cc2)O3)cc1. The minimum atomic E-state index is -1.04. The Hall–Kier alpha value is -3.31. The number of rotatable bonds is 10. The van der Waals surface area contributed by atoms with Gasteiger partial charge in [0.05, 0.1) is 0 Å². The van der Waals surface area contributed by atoms with Crippen molar-refractivity contribution in [2.45, 2.75) is 58.1 Å². The highest BCUT2D eigenvalue weighted by Gasteiger charge is 2.35. The number of aliphatic carboxylic acids is 1. The van der Waals surface area contributed by atoms with Crippen LogP contribution in [0.4, 0.5) is 0 Å². The maximum atomic E-state index is 13.4. The van der Waals surface area contributed by atoms with E-state index in [1.165, 1.54) is 10.5 Å². The third kappa shape index (κ3) is 6.46. The molecule has 0 bridgehead atoms. The summed E-state index contributed by atoms with van der Waals surface area (Å²) < 4.78 is 6.27. The highest BCUT2D eigenvalue weighted by atomic mass is 35.5. The number of carboxylic acid groups (broad SMARTS) is 1. The van der Waals surface area contributed by atoms with Crippen LogP contribution in [-0.4, -0.2) is 34.0 Å². The Kier molecular flexibility index (Phi) is 8.00. The molecule has 3 aromatic carbocycles. The lowest BCUT2D eigenvalue weighted by molar-refractivity contribution is -0.137. The molecule has 1 aliphatic rings. The van der Waals surface area contributed by atoms with Crippen molar-refractivity contribution < 1.29 is 19.4 Å². The lowest BCUT2D eigenvalue weighted by atomic mass is 9.91. The number of fused-ring (bicyclic) bond motifs is 1. The van der Waals surface area contributed by atoms with Crippen molar-refractivity contribution in [1.82, 2.24) is 4.90 Å². The molecule has 0 saturated heterocycles. The maximum absolute atomic E-state index is 13.4. The Bertz CT molecular complexity index is 1220. The molecule has 0 unspecified atom stereocenters. The zero-order valence-corrected chi connectivity index (χ0v) is 21.6. The number of halogens is 1. The number of amides is 1. The summed E-state index contributed by atoms with van der Waals surface area (Å²) in [4.78, 5) is 26.3. The van der Waals surface area contributed by atoms with Gasteiger partial charge in [-0.1, -0.05) is 61.3 Å². The van der Waals surface area contributed by atoms with Gasteiger partial charge in [0, 0.05) is 30.0 Å². The van der Waals surface area contributed by atoms with Crippen LogP contribution in [-0.2, 0) is 30.6 Å². The van der Waals surface area contributed by atoms with Crippen LogP contribution in [0.3, 0.4) is 0 Å². The molecule has 0 aliphatic carbocycles. The van der Waals surface area contributed by atoms with Crippen LogP contribution in [0.25, 0.3) is 0 Å².